The molecule has 0 saturated heterocycles. The predicted octanol–water partition coefficient (Wildman–Crippen LogP) is 0.152. The Morgan fingerprint density at radius 1 is 1.50 bits per heavy atom. The highest BCUT2D eigenvalue weighted by Crippen LogP contribution is 2.17. The fourth-order valence-electron chi connectivity index (χ4n) is 1.25. The summed E-state index contributed by atoms with van der Waals surface area (Å²) >= 11 is 0. The quantitative estimate of drug-likeness (QED) is 0.578. The van der Waals surface area contributed by atoms with Gasteiger partial charge in [-0.25, -0.2) is 0 Å². The average molecular weight is 169 g/mol. The molecule has 4 nitrogen and oxygen atoms in total. The molecule has 0 bridgehead atoms. The van der Waals surface area contributed by atoms with Crippen LogP contribution >= 0.6 is 0 Å². The summed E-state index contributed by atoms with van der Waals surface area (Å²) in [5.74, 6) is -1.41. The highest BCUT2D eigenvalue weighted by Gasteiger charge is 2.24. The lowest BCUT2D eigenvalue weighted by Gasteiger charge is -2.09. The van der Waals surface area contributed by atoms with E-state index in [4.69, 9.17) is 5.11 Å². The van der Waals surface area contributed by atoms with Gasteiger partial charge in [-0.1, -0.05) is 12.2 Å². The summed E-state index contributed by atoms with van der Waals surface area (Å²) in [5, 5.41) is 11.2. The zero-order valence-corrected chi connectivity index (χ0v) is 6.78. The van der Waals surface area contributed by atoms with E-state index in [9.17, 15) is 9.59 Å². The van der Waals surface area contributed by atoms with E-state index in [-0.39, 0.29) is 11.9 Å². The number of nitrogens with one attached hydrogen (secondary N) is 1. The maximum Gasteiger partial charge on any atom is 0.310 e. The highest BCUT2D eigenvalue weighted by molar-refractivity contribution is 5.75. The minimum atomic E-state index is -0.834. The number of hydrogen-bond donors (Lipinski definition) is 2. The molecule has 0 fully saturated rings. The van der Waals surface area contributed by atoms with Gasteiger partial charge in [0.1, 0.15) is 0 Å². The Morgan fingerprint density at radius 3 is 2.58 bits per heavy atom. The van der Waals surface area contributed by atoms with Crippen LogP contribution in [0.15, 0.2) is 12.2 Å². The van der Waals surface area contributed by atoms with Crippen molar-refractivity contribution in [2.24, 2.45) is 5.92 Å². The van der Waals surface area contributed by atoms with Crippen LogP contribution in [0.2, 0.25) is 0 Å². The van der Waals surface area contributed by atoms with Crippen molar-refractivity contribution in [3.05, 3.63) is 12.2 Å². The Hall–Kier alpha value is -1.32. The summed E-state index contributed by atoms with van der Waals surface area (Å²) in [5.41, 5.74) is 0. The Kier molecular flexibility index (Phi) is 2.47. The van der Waals surface area contributed by atoms with Crippen molar-refractivity contribution < 1.29 is 14.7 Å². The number of hydrogen-bond acceptors (Lipinski definition) is 2. The first-order valence-electron chi connectivity index (χ1n) is 3.78. The van der Waals surface area contributed by atoms with Crippen LogP contribution in [0.4, 0.5) is 0 Å². The molecule has 1 aliphatic carbocycles. The lowest BCUT2D eigenvalue weighted by molar-refractivity contribution is -0.140. The molecule has 1 rings (SSSR count). The van der Waals surface area contributed by atoms with Crippen molar-refractivity contribution in [3.63, 3.8) is 0 Å². The standard InChI is InChI=1S/C8H11NO3/c1-5(10)9-7-3-2-6(4-7)8(11)12/h2-3,6-7H,4H2,1H3,(H,9,10)(H,11,12). The third kappa shape index (κ3) is 2.08. The number of carboxylic acids is 1. The van der Waals surface area contributed by atoms with Gasteiger partial charge in [0.2, 0.25) is 5.91 Å². The van der Waals surface area contributed by atoms with E-state index in [1.54, 1.807) is 12.2 Å². The zero-order valence-electron chi connectivity index (χ0n) is 6.78. The summed E-state index contributed by atoms with van der Waals surface area (Å²) < 4.78 is 0. The molecule has 0 aromatic heterocycles. The van der Waals surface area contributed by atoms with Crippen molar-refractivity contribution in [1.29, 1.82) is 0 Å². The molecule has 0 heterocycles. The third-order valence-electron chi connectivity index (χ3n) is 1.79. The van der Waals surface area contributed by atoms with Gasteiger partial charge in [0, 0.05) is 13.0 Å². The molecule has 1 amide bonds. The molecule has 0 spiro atoms. The average Bonchev–Trinajstić information content (AvgIpc) is 2.34. The minimum Gasteiger partial charge on any atom is -0.481 e. The van der Waals surface area contributed by atoms with Crippen LogP contribution in [0.1, 0.15) is 13.3 Å². The molecule has 2 unspecified atom stereocenters. The van der Waals surface area contributed by atoms with Crippen molar-refractivity contribution in [3.8, 4) is 0 Å². The van der Waals surface area contributed by atoms with Crippen LogP contribution in [0.3, 0.4) is 0 Å². The van der Waals surface area contributed by atoms with E-state index >= 15 is 0 Å². The van der Waals surface area contributed by atoms with Gasteiger partial charge < -0.3 is 10.4 Å². The maximum absolute atomic E-state index is 10.6. The summed E-state index contributed by atoms with van der Waals surface area (Å²) in [6, 6.07) is -0.108. The molecule has 0 aliphatic heterocycles. The molecule has 4 heteroatoms. The maximum atomic E-state index is 10.6. The second-order valence-electron chi connectivity index (χ2n) is 2.87. The number of carboxylic acid groups (broad SMARTS) is 1. The first kappa shape index (κ1) is 8.77. The highest BCUT2D eigenvalue weighted by atomic mass is 16.4. The molecule has 0 aromatic carbocycles. The van der Waals surface area contributed by atoms with Gasteiger partial charge in [-0.2, -0.15) is 0 Å². The second-order valence-corrected chi connectivity index (χ2v) is 2.87. The molecular weight excluding hydrogens is 158 g/mol. The Morgan fingerprint density at radius 2 is 2.17 bits per heavy atom. The Bertz CT molecular complexity index is 234. The van der Waals surface area contributed by atoms with Gasteiger partial charge in [-0.3, -0.25) is 9.59 Å². The monoisotopic (exact) mass is 169 g/mol. The number of rotatable bonds is 2. The van der Waals surface area contributed by atoms with Crippen LogP contribution in [-0.2, 0) is 9.59 Å². The number of aliphatic carboxylic acids is 1. The molecule has 12 heavy (non-hydrogen) atoms. The number of carbonyl (C=O) groups is 2. The molecule has 1 aliphatic rings. The van der Waals surface area contributed by atoms with Gasteiger partial charge in [-0.15, -0.1) is 0 Å². The van der Waals surface area contributed by atoms with E-state index in [0.717, 1.165) is 0 Å². The van der Waals surface area contributed by atoms with Crippen LogP contribution < -0.4 is 5.32 Å². The van der Waals surface area contributed by atoms with Crippen molar-refractivity contribution in [2.75, 3.05) is 0 Å². The predicted molar refractivity (Wildman–Crippen MR) is 42.5 cm³/mol. The number of amides is 1. The van der Waals surface area contributed by atoms with E-state index < -0.39 is 11.9 Å². The van der Waals surface area contributed by atoms with E-state index in [1.165, 1.54) is 6.92 Å². The number of carbonyl (C=O) groups excluding carboxylic acids is 1. The molecule has 0 radical (unpaired) electrons. The molecule has 2 N–H and O–H groups in total. The van der Waals surface area contributed by atoms with Crippen LogP contribution in [-0.4, -0.2) is 23.0 Å². The topological polar surface area (TPSA) is 66.4 Å². The molecule has 0 aromatic rings. The normalized spacial score (nSPS) is 27.1. The van der Waals surface area contributed by atoms with Crippen molar-refractivity contribution >= 4 is 11.9 Å². The van der Waals surface area contributed by atoms with Crippen molar-refractivity contribution in [2.45, 2.75) is 19.4 Å². The fourth-order valence-corrected chi connectivity index (χ4v) is 1.25. The van der Waals surface area contributed by atoms with Gasteiger partial charge in [0.15, 0.2) is 0 Å². The lowest BCUT2D eigenvalue weighted by Crippen LogP contribution is -2.31. The van der Waals surface area contributed by atoms with Gasteiger partial charge >= 0.3 is 5.97 Å². The second kappa shape index (κ2) is 3.38. The van der Waals surface area contributed by atoms with Gasteiger partial charge in [-0.05, 0) is 6.42 Å². The van der Waals surface area contributed by atoms with Crippen molar-refractivity contribution in [1.82, 2.24) is 5.32 Å². The summed E-state index contributed by atoms with van der Waals surface area (Å²) in [4.78, 5) is 21.1. The van der Waals surface area contributed by atoms with Gasteiger partial charge in [0.05, 0.1) is 5.92 Å². The summed E-state index contributed by atoms with van der Waals surface area (Å²) in [6.07, 6.45) is 3.80. The van der Waals surface area contributed by atoms with Crippen LogP contribution in [0.5, 0.6) is 0 Å². The smallest absolute Gasteiger partial charge is 0.310 e. The third-order valence-corrected chi connectivity index (χ3v) is 1.79. The van der Waals surface area contributed by atoms with Crippen LogP contribution in [0, 0.1) is 5.92 Å². The lowest BCUT2D eigenvalue weighted by atomic mass is 10.1. The molecule has 66 valence electrons. The van der Waals surface area contributed by atoms with E-state index in [1.807, 2.05) is 0 Å². The largest absolute Gasteiger partial charge is 0.481 e. The zero-order chi connectivity index (χ0) is 9.14. The Balaban J connectivity index is 2.42. The molecular formula is C8H11NO3. The first-order chi connectivity index (χ1) is 5.59. The Labute approximate surface area is 70.3 Å². The van der Waals surface area contributed by atoms with Crippen LogP contribution in [0.25, 0.3) is 0 Å². The minimum absolute atomic E-state index is 0.108. The first-order valence-corrected chi connectivity index (χ1v) is 3.78. The van der Waals surface area contributed by atoms with E-state index in [0.29, 0.717) is 6.42 Å². The SMILES string of the molecule is CC(=O)NC1C=CC(C(=O)O)C1. The summed E-state index contributed by atoms with van der Waals surface area (Å²) in [7, 11) is 0. The fraction of sp³-hybridized carbons (Fsp3) is 0.500. The molecule has 0 saturated carbocycles. The van der Waals surface area contributed by atoms with Gasteiger partial charge in [0.25, 0.3) is 0 Å². The molecule has 2 atom stereocenters. The summed E-state index contributed by atoms with van der Waals surface area (Å²) in [6.45, 7) is 1.42. The van der Waals surface area contributed by atoms with E-state index in [2.05, 4.69) is 5.32 Å².